The van der Waals surface area contributed by atoms with Gasteiger partial charge in [-0.3, -0.25) is 0 Å². The third-order valence-corrected chi connectivity index (χ3v) is 5.47. The van der Waals surface area contributed by atoms with E-state index in [0.717, 1.165) is 22.4 Å². The summed E-state index contributed by atoms with van der Waals surface area (Å²) >= 11 is 0. The molecule has 7 heteroatoms. The predicted octanol–water partition coefficient (Wildman–Crippen LogP) is 2.36. The van der Waals surface area contributed by atoms with Gasteiger partial charge in [0.2, 0.25) is 0 Å². The summed E-state index contributed by atoms with van der Waals surface area (Å²) < 4.78 is 6.96. The molecule has 1 aromatic heterocycles. The van der Waals surface area contributed by atoms with Gasteiger partial charge in [-0.25, -0.2) is 4.98 Å². The molecule has 2 heterocycles. The third kappa shape index (κ3) is 5.01. The quantitative estimate of drug-likeness (QED) is 0.446. The van der Waals surface area contributed by atoms with Crippen molar-refractivity contribution in [2.45, 2.75) is 31.2 Å². The van der Waals surface area contributed by atoms with Crippen LogP contribution in [0.4, 0.5) is 5.69 Å². The number of nitrogens with one attached hydrogen (secondary N) is 1. The van der Waals surface area contributed by atoms with Gasteiger partial charge in [0.15, 0.2) is 0 Å². The summed E-state index contributed by atoms with van der Waals surface area (Å²) in [6, 6.07) is 15.4. The molecule has 2 aromatic carbocycles. The van der Waals surface area contributed by atoms with Gasteiger partial charge in [0.05, 0.1) is 32.0 Å². The molecular weight excluding hydrogens is 406 g/mol. The van der Waals surface area contributed by atoms with Gasteiger partial charge in [-0.2, -0.15) is 0 Å². The lowest BCUT2D eigenvalue weighted by Gasteiger charge is -2.16. The van der Waals surface area contributed by atoms with E-state index >= 15 is 0 Å². The Morgan fingerprint density at radius 2 is 1.81 bits per heavy atom. The Kier molecular flexibility index (Phi) is 6.88. The number of aliphatic hydroxyl groups excluding tert-OH is 3. The first-order chi connectivity index (χ1) is 15.5. The molecule has 4 N–H and O–H groups in total. The van der Waals surface area contributed by atoms with Crippen LogP contribution in [-0.2, 0) is 4.74 Å². The summed E-state index contributed by atoms with van der Waals surface area (Å²) in [5, 5.41) is 32.7. The van der Waals surface area contributed by atoms with Crippen LogP contribution in [0.15, 0.2) is 60.9 Å². The van der Waals surface area contributed by atoms with Gasteiger partial charge in [0.25, 0.3) is 0 Å². The molecule has 0 amide bonds. The van der Waals surface area contributed by atoms with E-state index in [-0.39, 0.29) is 12.6 Å². The summed E-state index contributed by atoms with van der Waals surface area (Å²) in [4.78, 5) is 4.13. The zero-order valence-corrected chi connectivity index (χ0v) is 17.8. The minimum absolute atomic E-state index is 0.0829. The lowest BCUT2D eigenvalue weighted by Crippen LogP contribution is -2.31. The molecule has 4 rings (SSSR count). The molecule has 1 aliphatic heterocycles. The van der Waals surface area contributed by atoms with Crippen molar-refractivity contribution in [3.8, 4) is 23.0 Å². The van der Waals surface area contributed by atoms with Crippen LogP contribution in [-0.4, -0.2) is 56.8 Å². The van der Waals surface area contributed by atoms with E-state index < -0.39 is 18.2 Å². The molecule has 0 saturated carbocycles. The van der Waals surface area contributed by atoms with Gasteiger partial charge in [0.1, 0.15) is 18.0 Å². The molecule has 3 aromatic rings. The molecule has 0 spiro atoms. The van der Waals surface area contributed by atoms with Crippen LogP contribution in [0, 0.1) is 11.8 Å². The van der Waals surface area contributed by atoms with Gasteiger partial charge in [-0.05, 0) is 42.3 Å². The number of aliphatic hydroxyl groups is 3. The van der Waals surface area contributed by atoms with E-state index in [1.54, 1.807) is 23.9 Å². The molecule has 0 radical (unpaired) electrons. The summed E-state index contributed by atoms with van der Waals surface area (Å²) in [6.45, 7) is 2.33. The number of rotatable bonds is 6. The fourth-order valence-corrected chi connectivity index (χ4v) is 3.68. The maximum Gasteiger partial charge on any atom is 0.138 e. The Balaban J connectivity index is 1.44. The number of anilines is 1. The Labute approximate surface area is 187 Å². The Bertz CT molecular complexity index is 1080. The highest BCUT2D eigenvalue weighted by Crippen LogP contribution is 2.23. The third-order valence-electron chi connectivity index (χ3n) is 5.47. The van der Waals surface area contributed by atoms with Crippen molar-refractivity contribution in [2.75, 3.05) is 25.1 Å². The highest BCUT2D eigenvalue weighted by molar-refractivity contribution is 5.67. The number of hydrogen-bond acceptors (Lipinski definition) is 6. The van der Waals surface area contributed by atoms with E-state index in [1.807, 2.05) is 48.5 Å². The second-order valence-corrected chi connectivity index (χ2v) is 7.85. The smallest absolute Gasteiger partial charge is 0.138 e. The van der Waals surface area contributed by atoms with Crippen LogP contribution in [0.5, 0.6) is 0 Å². The first-order valence-electron chi connectivity index (χ1n) is 10.6. The standard InChI is InChI=1S/C25H27N3O4/c1-17(30)25-26-12-13-28(25)22(14-29)11-4-18-2-5-19(6-3-18)20-7-9-21(10-8-20)27-23-15-32-16-24(23)31/h2-3,5-10,12-13,17,22-24,27,29-31H,14-16H2,1H3. The fourth-order valence-electron chi connectivity index (χ4n) is 3.68. The normalized spacial score (nSPS) is 19.8. The SMILES string of the molecule is CC(O)c1nccn1C(C#Cc1ccc(-c2ccc(NC3COCC3O)cc2)cc1)CO. The van der Waals surface area contributed by atoms with Crippen LogP contribution in [0.2, 0.25) is 0 Å². The largest absolute Gasteiger partial charge is 0.393 e. The van der Waals surface area contributed by atoms with Crippen LogP contribution >= 0.6 is 0 Å². The van der Waals surface area contributed by atoms with Crippen molar-refractivity contribution in [2.24, 2.45) is 0 Å². The number of ether oxygens (including phenoxy) is 1. The first-order valence-corrected chi connectivity index (χ1v) is 10.6. The molecule has 166 valence electrons. The summed E-state index contributed by atoms with van der Waals surface area (Å²) in [6.07, 6.45) is 2.07. The van der Waals surface area contributed by atoms with Crippen molar-refractivity contribution in [1.82, 2.24) is 9.55 Å². The van der Waals surface area contributed by atoms with Crippen molar-refractivity contribution < 1.29 is 20.1 Å². The lowest BCUT2D eigenvalue weighted by atomic mass is 10.0. The average Bonchev–Trinajstić information content (AvgIpc) is 3.45. The second kappa shape index (κ2) is 9.98. The van der Waals surface area contributed by atoms with E-state index in [2.05, 4.69) is 22.1 Å². The van der Waals surface area contributed by atoms with Gasteiger partial charge < -0.3 is 29.9 Å². The molecule has 7 nitrogen and oxygen atoms in total. The van der Waals surface area contributed by atoms with E-state index in [9.17, 15) is 15.3 Å². The summed E-state index contributed by atoms with van der Waals surface area (Å²) in [7, 11) is 0. The van der Waals surface area contributed by atoms with Gasteiger partial charge in [0, 0.05) is 23.6 Å². The average molecular weight is 434 g/mol. The number of hydrogen-bond donors (Lipinski definition) is 4. The molecule has 1 fully saturated rings. The number of nitrogens with zero attached hydrogens (tertiary/aromatic N) is 2. The maximum atomic E-state index is 9.87. The first kappa shape index (κ1) is 22.1. The fraction of sp³-hybridized carbons (Fsp3) is 0.320. The van der Waals surface area contributed by atoms with E-state index in [0.29, 0.717) is 19.0 Å². The summed E-state index contributed by atoms with van der Waals surface area (Å²) in [5.74, 6) is 6.63. The van der Waals surface area contributed by atoms with Crippen LogP contribution in [0.1, 0.15) is 30.5 Å². The van der Waals surface area contributed by atoms with Crippen LogP contribution in [0.25, 0.3) is 11.1 Å². The lowest BCUT2D eigenvalue weighted by molar-refractivity contribution is 0.125. The van der Waals surface area contributed by atoms with Gasteiger partial charge in [-0.1, -0.05) is 36.1 Å². The van der Waals surface area contributed by atoms with Gasteiger partial charge in [-0.15, -0.1) is 0 Å². The molecule has 1 aliphatic rings. The molecule has 0 bridgehead atoms. The van der Waals surface area contributed by atoms with Crippen molar-refractivity contribution >= 4 is 5.69 Å². The van der Waals surface area contributed by atoms with Crippen molar-refractivity contribution in [3.63, 3.8) is 0 Å². The number of benzene rings is 2. The summed E-state index contributed by atoms with van der Waals surface area (Å²) in [5.41, 5.74) is 3.92. The monoisotopic (exact) mass is 433 g/mol. The van der Waals surface area contributed by atoms with Crippen LogP contribution < -0.4 is 5.32 Å². The number of aromatic nitrogens is 2. The Morgan fingerprint density at radius 1 is 1.12 bits per heavy atom. The Hall–Kier alpha value is -3.15. The van der Waals surface area contributed by atoms with Crippen molar-refractivity contribution in [3.05, 3.63) is 72.3 Å². The predicted molar refractivity (Wildman–Crippen MR) is 122 cm³/mol. The number of imidazole rings is 1. The van der Waals surface area contributed by atoms with Crippen LogP contribution in [0.3, 0.4) is 0 Å². The van der Waals surface area contributed by atoms with E-state index in [1.165, 1.54) is 0 Å². The molecule has 32 heavy (non-hydrogen) atoms. The topological polar surface area (TPSA) is 99.8 Å². The molecular formula is C25H27N3O4. The Morgan fingerprint density at radius 3 is 2.41 bits per heavy atom. The zero-order chi connectivity index (χ0) is 22.5. The van der Waals surface area contributed by atoms with Crippen molar-refractivity contribution in [1.29, 1.82) is 0 Å². The molecule has 0 aliphatic carbocycles. The van der Waals surface area contributed by atoms with E-state index in [4.69, 9.17) is 4.74 Å². The van der Waals surface area contributed by atoms with Gasteiger partial charge >= 0.3 is 0 Å². The minimum Gasteiger partial charge on any atom is -0.393 e. The highest BCUT2D eigenvalue weighted by atomic mass is 16.5. The molecule has 4 unspecified atom stereocenters. The zero-order valence-electron chi connectivity index (χ0n) is 17.8. The highest BCUT2D eigenvalue weighted by Gasteiger charge is 2.25. The molecule has 4 atom stereocenters. The molecule has 1 saturated heterocycles. The maximum absolute atomic E-state index is 9.87. The second-order valence-electron chi connectivity index (χ2n) is 7.85. The minimum atomic E-state index is -0.738.